The summed E-state index contributed by atoms with van der Waals surface area (Å²) in [6.07, 6.45) is 6.55. The number of carbonyl (C=O) groups excluding carboxylic acids is 1. The van der Waals surface area contributed by atoms with Gasteiger partial charge in [-0.05, 0) is 18.1 Å². The molecule has 72 valence electrons. The van der Waals surface area contributed by atoms with E-state index in [1.165, 1.54) is 5.56 Å². The van der Waals surface area contributed by atoms with Crippen LogP contribution in [0.5, 0.6) is 0 Å². The standard InChI is InChI=1S/C11H12N2O/c1-2-3-9-4-5-11-12-6-10(8-14)13(11)7-9/h4-8H,2-3H2,1H3. The molecule has 0 atom stereocenters. The number of aromatic nitrogens is 2. The van der Waals surface area contributed by atoms with Gasteiger partial charge in [0.05, 0.1) is 6.20 Å². The number of carbonyl (C=O) groups is 1. The molecule has 2 heterocycles. The van der Waals surface area contributed by atoms with Gasteiger partial charge in [0.1, 0.15) is 11.3 Å². The molecule has 0 bridgehead atoms. The number of aryl methyl sites for hydroxylation is 1. The second-order valence-corrected chi connectivity index (χ2v) is 3.32. The van der Waals surface area contributed by atoms with E-state index in [0.717, 1.165) is 24.8 Å². The first-order valence-corrected chi connectivity index (χ1v) is 4.76. The van der Waals surface area contributed by atoms with Crippen LogP contribution in [0.3, 0.4) is 0 Å². The predicted octanol–water partition coefficient (Wildman–Crippen LogP) is 2.10. The van der Waals surface area contributed by atoms with Gasteiger partial charge in [0.15, 0.2) is 6.29 Å². The van der Waals surface area contributed by atoms with Crippen LogP contribution >= 0.6 is 0 Å². The molecule has 0 aromatic carbocycles. The first-order chi connectivity index (χ1) is 6.85. The summed E-state index contributed by atoms with van der Waals surface area (Å²) in [5.41, 5.74) is 2.67. The fourth-order valence-electron chi connectivity index (χ4n) is 1.57. The van der Waals surface area contributed by atoms with Crippen LogP contribution in [-0.4, -0.2) is 15.7 Å². The zero-order chi connectivity index (χ0) is 9.97. The summed E-state index contributed by atoms with van der Waals surface area (Å²) in [6.45, 7) is 2.14. The van der Waals surface area contributed by atoms with E-state index >= 15 is 0 Å². The lowest BCUT2D eigenvalue weighted by Gasteiger charge is -2.00. The third-order valence-electron chi connectivity index (χ3n) is 2.25. The molecule has 2 aromatic heterocycles. The average Bonchev–Trinajstić information content (AvgIpc) is 2.60. The number of rotatable bonds is 3. The lowest BCUT2D eigenvalue weighted by Crippen LogP contribution is -1.93. The molecular formula is C11H12N2O. The molecule has 0 saturated heterocycles. The van der Waals surface area contributed by atoms with Crippen molar-refractivity contribution < 1.29 is 4.79 Å². The minimum atomic E-state index is 0.609. The highest BCUT2D eigenvalue weighted by molar-refractivity contribution is 5.73. The molecule has 0 aliphatic carbocycles. The van der Waals surface area contributed by atoms with Crippen LogP contribution in [0.15, 0.2) is 24.5 Å². The van der Waals surface area contributed by atoms with Crippen LogP contribution in [0.4, 0.5) is 0 Å². The van der Waals surface area contributed by atoms with Crippen molar-refractivity contribution in [3.8, 4) is 0 Å². The third kappa shape index (κ3) is 1.41. The summed E-state index contributed by atoms with van der Waals surface area (Å²) in [5, 5.41) is 0. The number of fused-ring (bicyclic) bond motifs is 1. The molecule has 0 aliphatic rings. The lowest BCUT2D eigenvalue weighted by atomic mass is 10.2. The Morgan fingerprint density at radius 1 is 1.50 bits per heavy atom. The normalized spacial score (nSPS) is 10.6. The Labute approximate surface area is 82.4 Å². The van der Waals surface area contributed by atoms with Crippen molar-refractivity contribution in [2.45, 2.75) is 19.8 Å². The van der Waals surface area contributed by atoms with Crippen molar-refractivity contribution in [2.24, 2.45) is 0 Å². The molecule has 0 unspecified atom stereocenters. The van der Waals surface area contributed by atoms with E-state index in [1.54, 1.807) is 6.20 Å². The molecule has 2 rings (SSSR count). The van der Waals surface area contributed by atoms with Gasteiger partial charge in [-0.1, -0.05) is 19.4 Å². The number of nitrogens with zero attached hydrogens (tertiary/aromatic N) is 2. The van der Waals surface area contributed by atoms with E-state index in [9.17, 15) is 4.79 Å². The third-order valence-corrected chi connectivity index (χ3v) is 2.25. The predicted molar refractivity (Wildman–Crippen MR) is 54.6 cm³/mol. The van der Waals surface area contributed by atoms with Crippen LogP contribution in [-0.2, 0) is 6.42 Å². The fraction of sp³-hybridized carbons (Fsp3) is 0.273. The summed E-state index contributed by atoms with van der Waals surface area (Å²) < 4.78 is 1.83. The van der Waals surface area contributed by atoms with E-state index in [4.69, 9.17) is 0 Å². The maximum atomic E-state index is 10.7. The van der Waals surface area contributed by atoms with Crippen molar-refractivity contribution in [1.29, 1.82) is 0 Å². The van der Waals surface area contributed by atoms with E-state index < -0.39 is 0 Å². The van der Waals surface area contributed by atoms with Crippen LogP contribution < -0.4 is 0 Å². The summed E-state index contributed by atoms with van der Waals surface area (Å²) in [5.74, 6) is 0. The quantitative estimate of drug-likeness (QED) is 0.691. The van der Waals surface area contributed by atoms with Crippen molar-refractivity contribution in [3.05, 3.63) is 35.8 Å². The zero-order valence-corrected chi connectivity index (χ0v) is 8.10. The number of aldehydes is 1. The zero-order valence-electron chi connectivity index (χ0n) is 8.10. The lowest BCUT2D eigenvalue weighted by molar-refractivity contribution is 0.111. The maximum Gasteiger partial charge on any atom is 0.168 e. The van der Waals surface area contributed by atoms with Gasteiger partial charge in [-0.25, -0.2) is 4.98 Å². The molecule has 14 heavy (non-hydrogen) atoms. The molecule has 0 aliphatic heterocycles. The highest BCUT2D eigenvalue weighted by Gasteiger charge is 2.01. The van der Waals surface area contributed by atoms with Crippen molar-refractivity contribution in [1.82, 2.24) is 9.38 Å². The van der Waals surface area contributed by atoms with Crippen LogP contribution in [0.25, 0.3) is 5.65 Å². The number of pyridine rings is 1. The average molecular weight is 188 g/mol. The van der Waals surface area contributed by atoms with Gasteiger partial charge in [0, 0.05) is 6.20 Å². The van der Waals surface area contributed by atoms with Gasteiger partial charge in [-0.2, -0.15) is 0 Å². The molecule has 0 saturated carbocycles. The second kappa shape index (κ2) is 3.62. The smallest absolute Gasteiger partial charge is 0.168 e. The van der Waals surface area contributed by atoms with E-state index in [1.807, 2.05) is 16.7 Å². The van der Waals surface area contributed by atoms with Gasteiger partial charge in [0.2, 0.25) is 0 Å². The Balaban J connectivity index is 2.55. The Morgan fingerprint density at radius 2 is 2.36 bits per heavy atom. The maximum absolute atomic E-state index is 10.7. The van der Waals surface area contributed by atoms with Gasteiger partial charge in [0.25, 0.3) is 0 Å². The topological polar surface area (TPSA) is 34.4 Å². The van der Waals surface area contributed by atoms with E-state index in [2.05, 4.69) is 18.0 Å². The Hall–Kier alpha value is -1.64. The minimum absolute atomic E-state index is 0.609. The minimum Gasteiger partial charge on any atom is -0.297 e. The number of imidazole rings is 1. The first-order valence-electron chi connectivity index (χ1n) is 4.76. The van der Waals surface area contributed by atoms with Crippen molar-refractivity contribution >= 4 is 11.9 Å². The van der Waals surface area contributed by atoms with Crippen molar-refractivity contribution in [2.75, 3.05) is 0 Å². The summed E-state index contributed by atoms with van der Waals surface area (Å²) in [4.78, 5) is 14.8. The Bertz CT molecular complexity index is 459. The second-order valence-electron chi connectivity index (χ2n) is 3.32. The monoisotopic (exact) mass is 188 g/mol. The Kier molecular flexibility index (Phi) is 2.31. The van der Waals surface area contributed by atoms with Crippen molar-refractivity contribution in [3.63, 3.8) is 0 Å². The molecule has 3 nitrogen and oxygen atoms in total. The SMILES string of the molecule is CCCc1ccc2ncc(C=O)n2c1. The number of hydrogen-bond donors (Lipinski definition) is 0. The summed E-state index contributed by atoms with van der Waals surface area (Å²) in [7, 11) is 0. The molecule has 0 N–H and O–H groups in total. The number of hydrogen-bond acceptors (Lipinski definition) is 2. The van der Waals surface area contributed by atoms with E-state index in [-0.39, 0.29) is 0 Å². The van der Waals surface area contributed by atoms with E-state index in [0.29, 0.717) is 5.69 Å². The van der Waals surface area contributed by atoms with Crippen LogP contribution in [0.2, 0.25) is 0 Å². The van der Waals surface area contributed by atoms with Gasteiger partial charge in [-0.15, -0.1) is 0 Å². The van der Waals surface area contributed by atoms with Crippen LogP contribution in [0, 0.1) is 0 Å². The van der Waals surface area contributed by atoms with Crippen LogP contribution in [0.1, 0.15) is 29.4 Å². The highest BCUT2D eigenvalue weighted by Crippen LogP contribution is 2.09. The molecule has 3 heteroatoms. The van der Waals surface area contributed by atoms with Gasteiger partial charge in [-0.3, -0.25) is 9.20 Å². The molecule has 0 radical (unpaired) electrons. The first kappa shape index (κ1) is 8.94. The molecule has 0 fully saturated rings. The summed E-state index contributed by atoms with van der Waals surface area (Å²) in [6, 6.07) is 4.00. The Morgan fingerprint density at radius 3 is 3.07 bits per heavy atom. The van der Waals surface area contributed by atoms with Gasteiger partial charge >= 0.3 is 0 Å². The summed E-state index contributed by atoms with van der Waals surface area (Å²) >= 11 is 0. The highest BCUT2D eigenvalue weighted by atomic mass is 16.1. The van der Waals surface area contributed by atoms with Gasteiger partial charge < -0.3 is 0 Å². The largest absolute Gasteiger partial charge is 0.297 e. The molecule has 0 amide bonds. The molecule has 0 spiro atoms. The molecular weight excluding hydrogens is 176 g/mol. The fourth-order valence-corrected chi connectivity index (χ4v) is 1.57. The molecule has 2 aromatic rings.